The molecule has 0 spiro atoms. The molecule has 1 aromatic heterocycles. The first kappa shape index (κ1) is 14.2. The van der Waals surface area contributed by atoms with Gasteiger partial charge in [-0.05, 0) is 36.1 Å². The van der Waals surface area contributed by atoms with Crippen molar-refractivity contribution in [3.63, 3.8) is 0 Å². The Bertz CT molecular complexity index is 978. The van der Waals surface area contributed by atoms with E-state index in [4.69, 9.17) is 21.1 Å². The van der Waals surface area contributed by atoms with Crippen LogP contribution >= 0.6 is 11.6 Å². The van der Waals surface area contributed by atoms with E-state index in [0.29, 0.717) is 21.9 Å². The minimum absolute atomic E-state index is 0.121. The van der Waals surface area contributed by atoms with Crippen molar-refractivity contribution in [1.82, 2.24) is 4.57 Å². The van der Waals surface area contributed by atoms with E-state index in [0.717, 1.165) is 23.2 Å². The summed E-state index contributed by atoms with van der Waals surface area (Å²) in [5, 5.41) is 1.85. The predicted octanol–water partition coefficient (Wildman–Crippen LogP) is 3.94. The summed E-state index contributed by atoms with van der Waals surface area (Å²) in [5.41, 5.74) is 1.55. The van der Waals surface area contributed by atoms with Crippen LogP contribution in [0.4, 0.5) is 0 Å². The van der Waals surface area contributed by atoms with Crippen LogP contribution < -0.4 is 15.0 Å². The zero-order valence-corrected chi connectivity index (χ0v) is 13.3. The Labute approximate surface area is 137 Å². The van der Waals surface area contributed by atoms with E-state index in [9.17, 15) is 4.79 Å². The summed E-state index contributed by atoms with van der Waals surface area (Å²) in [5.74, 6) is 1.34. The fourth-order valence-electron chi connectivity index (χ4n) is 2.94. The molecule has 0 radical (unpaired) electrons. The Kier molecular flexibility index (Phi) is 3.27. The van der Waals surface area contributed by atoms with E-state index in [2.05, 4.69) is 0 Å². The molecule has 0 aliphatic carbocycles. The molecule has 4 nitrogen and oxygen atoms in total. The predicted molar refractivity (Wildman–Crippen MR) is 90.1 cm³/mol. The van der Waals surface area contributed by atoms with Gasteiger partial charge >= 0.3 is 0 Å². The standard InChI is InChI=1S/C18H14ClNO3/c1-2-12-8-11-4-3-5-14(19)17(11)18(21)20(12)13-6-7-15-16(9-13)23-10-22-15/h3-9H,2,10H2,1H3. The lowest BCUT2D eigenvalue weighted by atomic mass is 10.1. The van der Waals surface area contributed by atoms with Gasteiger partial charge in [-0.2, -0.15) is 0 Å². The molecule has 1 aliphatic heterocycles. The Morgan fingerprint density at radius 2 is 1.96 bits per heavy atom. The molecule has 2 aromatic carbocycles. The van der Waals surface area contributed by atoms with Crippen LogP contribution in [-0.4, -0.2) is 11.4 Å². The number of aryl methyl sites for hydroxylation is 1. The third-order valence-electron chi connectivity index (χ3n) is 4.05. The molecule has 0 saturated carbocycles. The minimum Gasteiger partial charge on any atom is -0.454 e. The number of benzene rings is 2. The fraction of sp³-hybridized carbons (Fsp3) is 0.167. The number of fused-ring (bicyclic) bond motifs is 2. The van der Waals surface area contributed by atoms with Crippen molar-refractivity contribution in [3.8, 4) is 17.2 Å². The highest BCUT2D eigenvalue weighted by molar-refractivity contribution is 6.35. The average Bonchev–Trinajstić information content (AvgIpc) is 3.02. The van der Waals surface area contributed by atoms with Gasteiger partial charge in [0.25, 0.3) is 5.56 Å². The second-order valence-electron chi connectivity index (χ2n) is 5.37. The molecule has 23 heavy (non-hydrogen) atoms. The first-order valence-corrected chi connectivity index (χ1v) is 7.80. The lowest BCUT2D eigenvalue weighted by Crippen LogP contribution is -2.22. The first-order valence-electron chi connectivity index (χ1n) is 7.42. The average molecular weight is 328 g/mol. The molecule has 0 atom stereocenters. The van der Waals surface area contributed by atoms with Crippen molar-refractivity contribution in [2.45, 2.75) is 13.3 Å². The van der Waals surface area contributed by atoms with Gasteiger partial charge in [-0.3, -0.25) is 9.36 Å². The maximum Gasteiger partial charge on any atom is 0.264 e. The molecule has 116 valence electrons. The van der Waals surface area contributed by atoms with Gasteiger partial charge in [0.15, 0.2) is 11.5 Å². The molecule has 2 heterocycles. The zero-order valence-electron chi connectivity index (χ0n) is 12.5. The van der Waals surface area contributed by atoms with Gasteiger partial charge in [0.1, 0.15) is 0 Å². The summed E-state index contributed by atoms with van der Waals surface area (Å²) in [6.45, 7) is 2.23. The van der Waals surface area contributed by atoms with E-state index in [1.165, 1.54) is 0 Å². The van der Waals surface area contributed by atoms with Crippen molar-refractivity contribution in [2.75, 3.05) is 6.79 Å². The summed E-state index contributed by atoms with van der Waals surface area (Å²) in [4.78, 5) is 13.0. The second kappa shape index (κ2) is 5.32. The summed E-state index contributed by atoms with van der Waals surface area (Å²) in [6, 6.07) is 13.0. The van der Waals surface area contributed by atoms with E-state index >= 15 is 0 Å². The van der Waals surface area contributed by atoms with Gasteiger partial charge in [-0.1, -0.05) is 30.7 Å². The Hall–Kier alpha value is -2.46. The number of rotatable bonds is 2. The van der Waals surface area contributed by atoms with Crippen LogP contribution in [0.25, 0.3) is 16.5 Å². The summed E-state index contributed by atoms with van der Waals surface area (Å²) < 4.78 is 12.4. The second-order valence-corrected chi connectivity index (χ2v) is 5.78. The monoisotopic (exact) mass is 327 g/mol. The van der Waals surface area contributed by atoms with Crippen LogP contribution in [0.15, 0.2) is 47.3 Å². The van der Waals surface area contributed by atoms with E-state index in [1.807, 2.05) is 43.3 Å². The molecule has 0 amide bonds. The SMILES string of the molecule is CCc1cc2cccc(Cl)c2c(=O)n1-c1ccc2c(c1)OCO2. The third kappa shape index (κ3) is 2.18. The Morgan fingerprint density at radius 3 is 2.78 bits per heavy atom. The molecule has 5 heteroatoms. The quantitative estimate of drug-likeness (QED) is 0.716. The number of aromatic nitrogens is 1. The van der Waals surface area contributed by atoms with Crippen molar-refractivity contribution in [2.24, 2.45) is 0 Å². The summed E-state index contributed by atoms with van der Waals surface area (Å²) in [7, 11) is 0. The van der Waals surface area contributed by atoms with Gasteiger partial charge in [-0.15, -0.1) is 0 Å². The minimum atomic E-state index is -0.121. The number of nitrogens with zero attached hydrogens (tertiary/aromatic N) is 1. The number of hydrogen-bond acceptors (Lipinski definition) is 3. The topological polar surface area (TPSA) is 40.5 Å². The molecule has 0 fully saturated rings. The fourth-order valence-corrected chi connectivity index (χ4v) is 3.20. The zero-order chi connectivity index (χ0) is 16.0. The lowest BCUT2D eigenvalue weighted by Gasteiger charge is -2.14. The van der Waals surface area contributed by atoms with Crippen molar-refractivity contribution in [3.05, 3.63) is 63.5 Å². The van der Waals surface area contributed by atoms with Crippen LogP contribution in [0.2, 0.25) is 5.02 Å². The highest BCUT2D eigenvalue weighted by Crippen LogP contribution is 2.34. The van der Waals surface area contributed by atoms with Gasteiger partial charge < -0.3 is 9.47 Å². The molecule has 0 N–H and O–H groups in total. The van der Waals surface area contributed by atoms with Crippen molar-refractivity contribution < 1.29 is 9.47 Å². The molecular weight excluding hydrogens is 314 g/mol. The molecule has 4 rings (SSSR count). The van der Waals surface area contributed by atoms with Crippen molar-refractivity contribution in [1.29, 1.82) is 0 Å². The van der Waals surface area contributed by atoms with Crippen LogP contribution in [-0.2, 0) is 6.42 Å². The molecule has 0 unspecified atom stereocenters. The van der Waals surface area contributed by atoms with Crippen LogP contribution in [0.1, 0.15) is 12.6 Å². The van der Waals surface area contributed by atoms with Gasteiger partial charge in [0, 0.05) is 11.8 Å². The normalized spacial score (nSPS) is 12.8. The molecule has 1 aliphatic rings. The highest BCUT2D eigenvalue weighted by Gasteiger charge is 2.17. The molecule has 0 saturated heterocycles. The van der Waals surface area contributed by atoms with E-state index < -0.39 is 0 Å². The number of halogens is 1. The number of ether oxygens (including phenoxy) is 2. The molecular formula is C18H14ClNO3. The smallest absolute Gasteiger partial charge is 0.264 e. The molecule has 3 aromatic rings. The maximum atomic E-state index is 13.0. The van der Waals surface area contributed by atoms with Crippen LogP contribution in [0, 0.1) is 0 Å². The maximum absolute atomic E-state index is 13.0. The summed E-state index contributed by atoms with van der Waals surface area (Å²) >= 11 is 6.25. The number of hydrogen-bond donors (Lipinski definition) is 0. The van der Waals surface area contributed by atoms with Crippen LogP contribution in [0.3, 0.4) is 0 Å². The highest BCUT2D eigenvalue weighted by atomic mass is 35.5. The van der Waals surface area contributed by atoms with Gasteiger partial charge in [-0.25, -0.2) is 0 Å². The molecule has 0 bridgehead atoms. The lowest BCUT2D eigenvalue weighted by molar-refractivity contribution is 0.174. The third-order valence-corrected chi connectivity index (χ3v) is 4.36. The Morgan fingerprint density at radius 1 is 1.13 bits per heavy atom. The van der Waals surface area contributed by atoms with Crippen LogP contribution in [0.5, 0.6) is 11.5 Å². The van der Waals surface area contributed by atoms with E-state index in [1.54, 1.807) is 10.6 Å². The van der Waals surface area contributed by atoms with Crippen molar-refractivity contribution >= 4 is 22.4 Å². The summed E-state index contributed by atoms with van der Waals surface area (Å²) in [6.07, 6.45) is 0.728. The Balaban J connectivity index is 2.04. The number of pyridine rings is 1. The van der Waals surface area contributed by atoms with E-state index in [-0.39, 0.29) is 12.4 Å². The van der Waals surface area contributed by atoms with Gasteiger partial charge in [0.2, 0.25) is 6.79 Å². The largest absolute Gasteiger partial charge is 0.454 e. The van der Waals surface area contributed by atoms with Gasteiger partial charge in [0.05, 0.1) is 16.1 Å². The first-order chi connectivity index (χ1) is 11.2.